The Morgan fingerprint density at radius 1 is 1.35 bits per heavy atom. The monoisotopic (exact) mass is 314 g/mol. The fraction of sp³-hybridized carbons (Fsp3) is 0.632. The van der Waals surface area contributed by atoms with Gasteiger partial charge in [0.05, 0.1) is 6.10 Å². The normalized spacial score (nSPS) is 31.0. The van der Waals surface area contributed by atoms with Crippen molar-refractivity contribution >= 4 is 5.91 Å². The molecule has 4 heteroatoms. The molecule has 2 aliphatic carbocycles. The molecule has 3 N–H and O–H groups in total. The number of benzene rings is 1. The van der Waals surface area contributed by atoms with Gasteiger partial charge in [0, 0.05) is 29.5 Å². The topological polar surface area (TPSA) is 64.4 Å². The second kappa shape index (κ2) is 5.91. The van der Waals surface area contributed by atoms with E-state index in [2.05, 4.69) is 11.4 Å². The minimum absolute atomic E-state index is 0.352. The summed E-state index contributed by atoms with van der Waals surface area (Å²) in [6.07, 6.45) is 8.01. The van der Waals surface area contributed by atoms with E-state index in [0.29, 0.717) is 29.0 Å². The van der Waals surface area contributed by atoms with Crippen LogP contribution in [0, 0.1) is 11.3 Å². The summed E-state index contributed by atoms with van der Waals surface area (Å²) in [4.78, 5) is 11.3. The molecule has 0 aromatic heterocycles. The van der Waals surface area contributed by atoms with E-state index in [9.17, 15) is 4.79 Å². The minimum Gasteiger partial charge on any atom is -0.377 e. The number of rotatable bonds is 5. The van der Waals surface area contributed by atoms with Crippen molar-refractivity contribution in [3.63, 3.8) is 0 Å². The number of amides is 1. The van der Waals surface area contributed by atoms with E-state index in [-0.39, 0.29) is 5.91 Å². The van der Waals surface area contributed by atoms with E-state index in [4.69, 9.17) is 10.5 Å². The summed E-state index contributed by atoms with van der Waals surface area (Å²) in [6, 6.07) is 8.30. The van der Waals surface area contributed by atoms with E-state index in [1.165, 1.54) is 37.7 Å². The lowest BCUT2D eigenvalue weighted by molar-refractivity contribution is -0.130. The number of carbonyl (C=O) groups is 1. The highest BCUT2D eigenvalue weighted by Crippen LogP contribution is 2.60. The molecule has 124 valence electrons. The predicted molar refractivity (Wildman–Crippen MR) is 89.2 cm³/mol. The molecule has 1 heterocycles. The predicted octanol–water partition coefficient (Wildman–Crippen LogP) is 2.27. The first-order valence-electron chi connectivity index (χ1n) is 8.94. The molecular formula is C19H26N2O2. The van der Waals surface area contributed by atoms with Gasteiger partial charge in [0.25, 0.3) is 0 Å². The third kappa shape index (κ3) is 2.48. The molecule has 1 amide bonds. The molecule has 4 rings (SSSR count). The van der Waals surface area contributed by atoms with Crippen LogP contribution in [0.1, 0.15) is 48.0 Å². The summed E-state index contributed by atoms with van der Waals surface area (Å²) >= 11 is 0. The van der Waals surface area contributed by atoms with Gasteiger partial charge in [0.1, 0.15) is 0 Å². The van der Waals surface area contributed by atoms with E-state index < -0.39 is 0 Å². The average Bonchev–Trinajstić information content (AvgIpc) is 3.20. The number of nitrogens with two attached hydrogens (primary N) is 1. The Hall–Kier alpha value is -1.39. The summed E-state index contributed by atoms with van der Waals surface area (Å²) in [6.45, 7) is 1.90. The molecule has 1 saturated heterocycles. The number of hydrogen-bond acceptors (Lipinski definition) is 3. The number of primary amides is 1. The van der Waals surface area contributed by atoms with Crippen LogP contribution in [0.3, 0.4) is 0 Å². The zero-order valence-electron chi connectivity index (χ0n) is 13.6. The molecule has 2 saturated carbocycles. The largest absolute Gasteiger partial charge is 0.377 e. The molecule has 1 aromatic carbocycles. The highest BCUT2D eigenvalue weighted by atomic mass is 16.5. The van der Waals surface area contributed by atoms with Crippen LogP contribution in [0.5, 0.6) is 0 Å². The van der Waals surface area contributed by atoms with Crippen molar-refractivity contribution in [3.05, 3.63) is 35.4 Å². The standard InChI is InChI=1S/C19H26N2O2/c20-18(22)14-5-3-4-13(12-14)6-10-21-16-15-7-11-23-17(15)19(16)8-1-2-9-19/h3-5,12,15-17,21H,1-2,6-11H2,(H2,20,22)/t15-,16-,17-/m1/s1. The summed E-state index contributed by atoms with van der Waals surface area (Å²) in [7, 11) is 0. The van der Waals surface area contributed by atoms with Gasteiger partial charge in [-0.1, -0.05) is 25.0 Å². The first-order valence-corrected chi connectivity index (χ1v) is 8.94. The molecule has 4 nitrogen and oxygen atoms in total. The zero-order chi connectivity index (χ0) is 15.9. The van der Waals surface area contributed by atoms with Gasteiger partial charge >= 0.3 is 0 Å². The van der Waals surface area contributed by atoms with E-state index in [0.717, 1.165) is 19.6 Å². The molecule has 23 heavy (non-hydrogen) atoms. The third-order valence-corrected chi connectivity index (χ3v) is 6.28. The summed E-state index contributed by atoms with van der Waals surface area (Å²) < 4.78 is 6.04. The maximum Gasteiger partial charge on any atom is 0.248 e. The van der Waals surface area contributed by atoms with Crippen LogP contribution in [-0.4, -0.2) is 31.2 Å². The van der Waals surface area contributed by atoms with Crippen LogP contribution in [0.15, 0.2) is 24.3 Å². The molecule has 3 atom stereocenters. The number of carbonyl (C=O) groups excluding carboxylic acids is 1. The van der Waals surface area contributed by atoms with Crippen molar-refractivity contribution in [2.45, 2.75) is 50.7 Å². The highest BCUT2D eigenvalue weighted by Gasteiger charge is 2.64. The molecule has 0 bridgehead atoms. The number of hydrogen-bond donors (Lipinski definition) is 2. The molecule has 0 unspecified atom stereocenters. The van der Waals surface area contributed by atoms with Gasteiger partial charge in [0.2, 0.25) is 5.91 Å². The lowest BCUT2D eigenvalue weighted by Gasteiger charge is -2.57. The highest BCUT2D eigenvalue weighted by molar-refractivity contribution is 5.92. The molecule has 3 aliphatic rings. The number of nitrogens with one attached hydrogen (secondary N) is 1. The van der Waals surface area contributed by atoms with Gasteiger partial charge < -0.3 is 15.8 Å². The van der Waals surface area contributed by atoms with Gasteiger partial charge in [-0.25, -0.2) is 0 Å². The van der Waals surface area contributed by atoms with Crippen LogP contribution in [0.2, 0.25) is 0 Å². The second-order valence-electron chi connectivity index (χ2n) is 7.43. The Morgan fingerprint density at radius 3 is 2.96 bits per heavy atom. The van der Waals surface area contributed by atoms with Crippen molar-refractivity contribution in [2.75, 3.05) is 13.2 Å². The number of ether oxygens (including phenoxy) is 1. The Labute approximate surface area is 137 Å². The van der Waals surface area contributed by atoms with Gasteiger partial charge in [-0.15, -0.1) is 0 Å². The number of fused-ring (bicyclic) bond motifs is 2. The Morgan fingerprint density at radius 2 is 2.17 bits per heavy atom. The van der Waals surface area contributed by atoms with Crippen LogP contribution >= 0.6 is 0 Å². The van der Waals surface area contributed by atoms with Crippen LogP contribution in [0.25, 0.3) is 0 Å². The fourth-order valence-electron chi connectivity index (χ4n) is 5.26. The van der Waals surface area contributed by atoms with E-state index >= 15 is 0 Å². The maximum absolute atomic E-state index is 11.3. The van der Waals surface area contributed by atoms with Crippen molar-refractivity contribution in [1.82, 2.24) is 5.32 Å². The molecular weight excluding hydrogens is 288 g/mol. The third-order valence-electron chi connectivity index (χ3n) is 6.28. The van der Waals surface area contributed by atoms with Crippen molar-refractivity contribution in [3.8, 4) is 0 Å². The average molecular weight is 314 g/mol. The second-order valence-corrected chi connectivity index (χ2v) is 7.43. The zero-order valence-corrected chi connectivity index (χ0v) is 13.6. The van der Waals surface area contributed by atoms with Gasteiger partial charge in [-0.2, -0.15) is 0 Å². The molecule has 3 fully saturated rings. The smallest absolute Gasteiger partial charge is 0.248 e. The van der Waals surface area contributed by atoms with Crippen molar-refractivity contribution < 1.29 is 9.53 Å². The summed E-state index contributed by atoms with van der Waals surface area (Å²) in [5, 5.41) is 3.82. The Balaban J connectivity index is 1.37. The SMILES string of the molecule is NC(=O)c1cccc(CCN[C@@H]2[C@H]3CCO[C@H]3C23CCCC3)c1. The fourth-order valence-corrected chi connectivity index (χ4v) is 5.26. The lowest BCUT2D eigenvalue weighted by Crippen LogP contribution is -2.67. The first kappa shape index (κ1) is 15.2. The molecule has 1 aromatic rings. The summed E-state index contributed by atoms with van der Waals surface area (Å²) in [5.41, 5.74) is 7.55. The molecule has 1 spiro atoms. The lowest BCUT2D eigenvalue weighted by atomic mass is 9.54. The first-order chi connectivity index (χ1) is 11.2. The van der Waals surface area contributed by atoms with Crippen molar-refractivity contribution in [2.24, 2.45) is 17.1 Å². The Kier molecular flexibility index (Phi) is 3.90. The van der Waals surface area contributed by atoms with E-state index in [1.54, 1.807) is 6.07 Å². The van der Waals surface area contributed by atoms with Gasteiger partial charge in [0.15, 0.2) is 0 Å². The Bertz CT molecular complexity index is 595. The van der Waals surface area contributed by atoms with Gasteiger partial charge in [-0.05, 0) is 49.9 Å². The summed E-state index contributed by atoms with van der Waals surface area (Å²) in [5.74, 6) is 0.361. The molecule has 0 radical (unpaired) electrons. The van der Waals surface area contributed by atoms with Crippen molar-refractivity contribution in [1.29, 1.82) is 0 Å². The van der Waals surface area contributed by atoms with Gasteiger partial charge in [-0.3, -0.25) is 4.79 Å². The molecule has 1 aliphatic heterocycles. The van der Waals surface area contributed by atoms with Crippen LogP contribution in [0.4, 0.5) is 0 Å². The quantitative estimate of drug-likeness (QED) is 0.876. The van der Waals surface area contributed by atoms with E-state index in [1.807, 2.05) is 12.1 Å². The van der Waals surface area contributed by atoms with Crippen LogP contribution < -0.4 is 11.1 Å². The maximum atomic E-state index is 11.3. The minimum atomic E-state index is -0.352. The van der Waals surface area contributed by atoms with Crippen LogP contribution in [-0.2, 0) is 11.2 Å².